The highest BCUT2D eigenvalue weighted by molar-refractivity contribution is 5.85. The van der Waals surface area contributed by atoms with Gasteiger partial charge < -0.3 is 16.0 Å². The van der Waals surface area contributed by atoms with Crippen LogP contribution < -0.4 is 16.0 Å². The Kier molecular flexibility index (Phi) is 2.80. The third-order valence-corrected chi connectivity index (χ3v) is 2.53. The summed E-state index contributed by atoms with van der Waals surface area (Å²) in [5.74, 6) is 0. The lowest BCUT2D eigenvalue weighted by Gasteiger charge is -2.32. The molecule has 0 aromatic heterocycles. The third-order valence-electron chi connectivity index (χ3n) is 2.53. The topological polar surface area (TPSA) is 53.2 Å². The largest absolute Gasteiger partial charge is 0.336 e. The van der Waals surface area contributed by atoms with E-state index in [0.717, 1.165) is 32.5 Å². The van der Waals surface area contributed by atoms with Crippen LogP contribution in [0.15, 0.2) is 0 Å². The smallest absolute Gasteiger partial charge is 0.315 e. The fourth-order valence-corrected chi connectivity index (χ4v) is 1.79. The van der Waals surface area contributed by atoms with Gasteiger partial charge in [-0.15, -0.1) is 12.4 Å². The SMILES string of the molecule is Cl.O=C1NCC2(CCNCC2)N1. The number of piperidine rings is 1. The molecule has 0 aromatic carbocycles. The second-order valence-corrected chi connectivity index (χ2v) is 3.34. The molecule has 0 saturated carbocycles. The van der Waals surface area contributed by atoms with Crippen LogP contribution in [0.2, 0.25) is 0 Å². The highest BCUT2D eigenvalue weighted by Crippen LogP contribution is 2.19. The Morgan fingerprint density at radius 2 is 1.92 bits per heavy atom. The van der Waals surface area contributed by atoms with Crippen molar-refractivity contribution >= 4 is 18.4 Å². The second-order valence-electron chi connectivity index (χ2n) is 3.34. The number of hydrogen-bond donors (Lipinski definition) is 3. The molecular weight excluding hydrogens is 178 g/mol. The predicted molar refractivity (Wildman–Crippen MR) is 48.6 cm³/mol. The molecule has 3 N–H and O–H groups in total. The van der Waals surface area contributed by atoms with Gasteiger partial charge in [-0.1, -0.05) is 0 Å². The molecule has 0 atom stereocenters. The number of hydrogen-bond acceptors (Lipinski definition) is 2. The maximum atomic E-state index is 10.9. The molecule has 2 saturated heterocycles. The molecule has 12 heavy (non-hydrogen) atoms. The zero-order chi connectivity index (χ0) is 7.73. The maximum Gasteiger partial charge on any atom is 0.315 e. The molecule has 5 heteroatoms. The Labute approximate surface area is 77.9 Å². The summed E-state index contributed by atoms with van der Waals surface area (Å²) in [5, 5.41) is 9.05. The van der Waals surface area contributed by atoms with E-state index >= 15 is 0 Å². The van der Waals surface area contributed by atoms with Crippen molar-refractivity contribution in [3.05, 3.63) is 0 Å². The van der Waals surface area contributed by atoms with Crippen LogP contribution in [0.1, 0.15) is 12.8 Å². The lowest BCUT2D eigenvalue weighted by molar-refractivity contribution is 0.238. The van der Waals surface area contributed by atoms with Crippen LogP contribution >= 0.6 is 12.4 Å². The van der Waals surface area contributed by atoms with Crippen LogP contribution in [-0.4, -0.2) is 31.2 Å². The summed E-state index contributed by atoms with van der Waals surface area (Å²) < 4.78 is 0. The van der Waals surface area contributed by atoms with Gasteiger partial charge in [0.05, 0.1) is 5.54 Å². The van der Waals surface area contributed by atoms with Gasteiger partial charge in [0, 0.05) is 6.54 Å². The minimum absolute atomic E-state index is 0. The van der Waals surface area contributed by atoms with E-state index < -0.39 is 0 Å². The molecule has 0 unspecified atom stereocenters. The highest BCUT2D eigenvalue weighted by atomic mass is 35.5. The van der Waals surface area contributed by atoms with Crippen LogP contribution in [0.3, 0.4) is 0 Å². The number of halogens is 1. The number of amides is 2. The molecule has 2 fully saturated rings. The monoisotopic (exact) mass is 191 g/mol. The van der Waals surface area contributed by atoms with Crippen molar-refractivity contribution in [2.75, 3.05) is 19.6 Å². The highest BCUT2D eigenvalue weighted by Gasteiger charge is 2.38. The first-order chi connectivity index (χ1) is 5.31. The van der Waals surface area contributed by atoms with Crippen LogP contribution in [0, 0.1) is 0 Å². The first kappa shape index (κ1) is 9.61. The van der Waals surface area contributed by atoms with Crippen molar-refractivity contribution in [3.8, 4) is 0 Å². The van der Waals surface area contributed by atoms with Gasteiger partial charge in [-0.3, -0.25) is 0 Å². The number of carbonyl (C=O) groups excluding carboxylic acids is 1. The predicted octanol–water partition coefficient (Wildman–Crippen LogP) is -0.157. The number of urea groups is 1. The van der Waals surface area contributed by atoms with E-state index in [9.17, 15) is 4.79 Å². The molecule has 4 nitrogen and oxygen atoms in total. The molecule has 2 aliphatic rings. The summed E-state index contributed by atoms with van der Waals surface area (Å²) in [6.07, 6.45) is 2.09. The van der Waals surface area contributed by atoms with Crippen LogP contribution in [0.5, 0.6) is 0 Å². The number of nitrogens with one attached hydrogen (secondary N) is 3. The molecule has 2 aliphatic heterocycles. The molecule has 2 rings (SSSR count). The number of rotatable bonds is 0. The van der Waals surface area contributed by atoms with Gasteiger partial charge in [-0.2, -0.15) is 0 Å². The first-order valence-electron chi connectivity index (χ1n) is 4.08. The second kappa shape index (κ2) is 3.49. The lowest BCUT2D eigenvalue weighted by atomic mass is 9.90. The summed E-state index contributed by atoms with van der Waals surface area (Å²) >= 11 is 0. The molecule has 1 spiro atoms. The summed E-state index contributed by atoms with van der Waals surface area (Å²) in [6.45, 7) is 2.83. The standard InChI is InChI=1S/C7H13N3O.ClH/c11-6-9-5-7(10-6)1-3-8-4-2-7;/h8H,1-5H2,(H2,9,10,11);1H. The Hall–Kier alpha value is -0.480. The van der Waals surface area contributed by atoms with E-state index in [0.29, 0.717) is 0 Å². The van der Waals surface area contributed by atoms with Gasteiger partial charge in [0.15, 0.2) is 0 Å². The molecule has 0 aromatic rings. The maximum absolute atomic E-state index is 10.9. The van der Waals surface area contributed by atoms with Gasteiger partial charge in [0.2, 0.25) is 0 Å². The van der Waals surface area contributed by atoms with E-state index in [4.69, 9.17) is 0 Å². The van der Waals surface area contributed by atoms with E-state index in [1.54, 1.807) is 0 Å². The molecule has 0 aliphatic carbocycles. The van der Waals surface area contributed by atoms with Crippen LogP contribution in [0.4, 0.5) is 4.79 Å². The summed E-state index contributed by atoms with van der Waals surface area (Å²) in [7, 11) is 0. The third kappa shape index (κ3) is 1.64. The normalized spacial score (nSPS) is 25.8. The quantitative estimate of drug-likeness (QED) is 0.499. The first-order valence-corrected chi connectivity index (χ1v) is 4.08. The Morgan fingerprint density at radius 1 is 1.25 bits per heavy atom. The summed E-state index contributed by atoms with van der Waals surface area (Å²) in [4.78, 5) is 10.9. The van der Waals surface area contributed by atoms with Crippen molar-refractivity contribution in [2.45, 2.75) is 18.4 Å². The zero-order valence-corrected chi connectivity index (χ0v) is 7.67. The van der Waals surface area contributed by atoms with E-state index in [-0.39, 0.29) is 24.0 Å². The van der Waals surface area contributed by atoms with Crippen molar-refractivity contribution < 1.29 is 4.79 Å². The molecule has 70 valence electrons. The van der Waals surface area contributed by atoms with Crippen LogP contribution in [0.25, 0.3) is 0 Å². The summed E-state index contributed by atoms with van der Waals surface area (Å²) in [6, 6.07) is -0.00750. The molecule has 0 radical (unpaired) electrons. The van der Waals surface area contributed by atoms with E-state index in [2.05, 4.69) is 16.0 Å². The zero-order valence-electron chi connectivity index (χ0n) is 6.85. The lowest BCUT2D eigenvalue weighted by Crippen LogP contribution is -2.51. The fraction of sp³-hybridized carbons (Fsp3) is 0.857. The Morgan fingerprint density at radius 3 is 2.42 bits per heavy atom. The van der Waals surface area contributed by atoms with Crippen molar-refractivity contribution in [2.24, 2.45) is 0 Å². The van der Waals surface area contributed by atoms with Gasteiger partial charge in [0.25, 0.3) is 0 Å². The van der Waals surface area contributed by atoms with Gasteiger partial charge in [-0.25, -0.2) is 4.79 Å². The van der Waals surface area contributed by atoms with Crippen LogP contribution in [-0.2, 0) is 0 Å². The molecule has 2 amide bonds. The van der Waals surface area contributed by atoms with Gasteiger partial charge in [-0.05, 0) is 25.9 Å². The van der Waals surface area contributed by atoms with Gasteiger partial charge in [0.1, 0.15) is 0 Å². The Balaban J connectivity index is 0.000000720. The molecule has 0 bridgehead atoms. The average Bonchev–Trinajstić information content (AvgIpc) is 2.34. The van der Waals surface area contributed by atoms with E-state index in [1.165, 1.54) is 0 Å². The van der Waals surface area contributed by atoms with Crippen molar-refractivity contribution in [3.63, 3.8) is 0 Å². The average molecular weight is 192 g/mol. The minimum atomic E-state index is -0.00750. The Bertz CT molecular complexity index is 179. The van der Waals surface area contributed by atoms with Crippen molar-refractivity contribution in [1.29, 1.82) is 0 Å². The number of carbonyl (C=O) groups is 1. The van der Waals surface area contributed by atoms with E-state index in [1.807, 2.05) is 0 Å². The minimum Gasteiger partial charge on any atom is -0.336 e. The van der Waals surface area contributed by atoms with Crippen molar-refractivity contribution in [1.82, 2.24) is 16.0 Å². The van der Waals surface area contributed by atoms with Gasteiger partial charge >= 0.3 is 6.03 Å². The summed E-state index contributed by atoms with van der Waals surface area (Å²) in [5.41, 5.74) is 0.0718. The fourth-order valence-electron chi connectivity index (χ4n) is 1.79. The molecule has 2 heterocycles. The molecular formula is C7H14ClN3O.